The minimum absolute atomic E-state index is 0.0443. The summed E-state index contributed by atoms with van der Waals surface area (Å²) < 4.78 is 32.2. The van der Waals surface area contributed by atoms with E-state index in [9.17, 15) is 18.0 Å². The maximum Gasteiger partial charge on any atom is 0.247 e. The van der Waals surface area contributed by atoms with E-state index in [4.69, 9.17) is 4.74 Å². The molecule has 3 rings (SSSR count). The molecule has 1 N–H and O–H groups in total. The fourth-order valence-corrected chi connectivity index (χ4v) is 4.96. The van der Waals surface area contributed by atoms with Crippen LogP contribution in [0.2, 0.25) is 0 Å². The summed E-state index contributed by atoms with van der Waals surface area (Å²) in [5.74, 6) is -0.814. The number of carbonyl (C=O) groups excluding carboxylic acids is 2. The van der Waals surface area contributed by atoms with E-state index in [1.807, 2.05) is 92.7 Å². The summed E-state index contributed by atoms with van der Waals surface area (Å²) in [5, 5.41) is 2.95. The van der Waals surface area contributed by atoms with Crippen molar-refractivity contribution < 1.29 is 22.7 Å². The summed E-state index contributed by atoms with van der Waals surface area (Å²) in [4.78, 5) is 29.1. The Morgan fingerprint density at radius 1 is 0.825 bits per heavy atom. The molecule has 9 heteroatoms. The Morgan fingerprint density at radius 2 is 1.35 bits per heavy atom. The molecule has 0 aromatic heterocycles. The third-order valence-electron chi connectivity index (χ3n) is 6.25. The van der Waals surface area contributed by atoms with Crippen LogP contribution in [-0.2, 0) is 37.4 Å². The number of benzene rings is 3. The van der Waals surface area contributed by atoms with Crippen LogP contribution in [0, 0.1) is 0 Å². The molecule has 0 radical (unpaired) electrons. The lowest BCUT2D eigenvalue weighted by molar-refractivity contribution is -0.141. The van der Waals surface area contributed by atoms with Crippen molar-refractivity contribution in [1.29, 1.82) is 0 Å². The van der Waals surface area contributed by atoms with Gasteiger partial charge in [-0.2, -0.15) is 4.31 Å². The van der Waals surface area contributed by atoms with Crippen LogP contribution in [0.5, 0.6) is 0 Å². The van der Waals surface area contributed by atoms with E-state index in [0.29, 0.717) is 25.1 Å². The van der Waals surface area contributed by atoms with Crippen molar-refractivity contribution in [3.8, 4) is 0 Å². The largest absolute Gasteiger partial charge is 0.379 e. The van der Waals surface area contributed by atoms with Crippen molar-refractivity contribution in [3.63, 3.8) is 0 Å². The predicted molar refractivity (Wildman–Crippen MR) is 157 cm³/mol. The second kappa shape index (κ2) is 15.3. The van der Waals surface area contributed by atoms with Gasteiger partial charge in [-0.1, -0.05) is 91.0 Å². The van der Waals surface area contributed by atoms with Crippen molar-refractivity contribution in [2.45, 2.75) is 45.5 Å². The minimum atomic E-state index is -3.73. The average molecular weight is 566 g/mol. The number of amides is 2. The topological polar surface area (TPSA) is 96.0 Å². The Kier molecular flexibility index (Phi) is 11.9. The molecule has 0 saturated carbocycles. The van der Waals surface area contributed by atoms with Crippen LogP contribution in [0.3, 0.4) is 0 Å². The molecule has 1 unspecified atom stereocenters. The highest BCUT2D eigenvalue weighted by atomic mass is 32.2. The maximum atomic E-state index is 14.0. The molecule has 0 aliphatic carbocycles. The molecule has 3 aromatic carbocycles. The van der Waals surface area contributed by atoms with Crippen LogP contribution in [0.15, 0.2) is 91.0 Å². The lowest BCUT2D eigenvalue weighted by Gasteiger charge is -2.33. The second-order valence-corrected chi connectivity index (χ2v) is 11.9. The Hall–Kier alpha value is -3.53. The van der Waals surface area contributed by atoms with Gasteiger partial charge >= 0.3 is 0 Å². The van der Waals surface area contributed by atoms with Gasteiger partial charge in [0.25, 0.3) is 0 Å². The zero-order chi connectivity index (χ0) is 29.0. The van der Waals surface area contributed by atoms with Gasteiger partial charge in [0.15, 0.2) is 0 Å². The van der Waals surface area contributed by atoms with Gasteiger partial charge in [-0.05, 0) is 37.0 Å². The Morgan fingerprint density at radius 3 is 1.88 bits per heavy atom. The first-order valence-electron chi connectivity index (χ1n) is 13.4. The molecule has 0 aliphatic rings. The number of rotatable bonds is 15. The molecule has 0 spiro atoms. The SMILES string of the molecule is CC(C)OCCCNC(=O)C(c1ccccc1)N(Cc1ccccc1)C(=O)CN(Cc1ccccc1)S(C)(=O)=O. The number of nitrogens with one attached hydrogen (secondary N) is 1. The number of carbonyl (C=O) groups is 2. The Labute approximate surface area is 238 Å². The van der Waals surface area contributed by atoms with Crippen LogP contribution in [-0.4, -0.2) is 61.5 Å². The molecule has 0 saturated heterocycles. The van der Waals surface area contributed by atoms with Crippen LogP contribution < -0.4 is 5.32 Å². The van der Waals surface area contributed by atoms with Crippen molar-refractivity contribution in [2.24, 2.45) is 0 Å². The fourth-order valence-electron chi connectivity index (χ4n) is 4.23. The van der Waals surface area contributed by atoms with E-state index in [0.717, 1.165) is 21.7 Å². The number of hydrogen-bond acceptors (Lipinski definition) is 5. The molecule has 3 aromatic rings. The van der Waals surface area contributed by atoms with Gasteiger partial charge in [-0.25, -0.2) is 8.42 Å². The molecule has 8 nitrogen and oxygen atoms in total. The van der Waals surface area contributed by atoms with Crippen LogP contribution in [0.1, 0.15) is 43.0 Å². The summed E-state index contributed by atoms with van der Waals surface area (Å²) in [6.07, 6.45) is 1.81. The van der Waals surface area contributed by atoms with Crippen molar-refractivity contribution in [1.82, 2.24) is 14.5 Å². The predicted octanol–water partition coefficient (Wildman–Crippen LogP) is 4.15. The van der Waals surface area contributed by atoms with Crippen molar-refractivity contribution >= 4 is 21.8 Å². The van der Waals surface area contributed by atoms with Crippen molar-refractivity contribution in [2.75, 3.05) is 26.0 Å². The van der Waals surface area contributed by atoms with E-state index >= 15 is 0 Å². The number of hydrogen-bond donors (Lipinski definition) is 1. The molecule has 0 bridgehead atoms. The first-order valence-corrected chi connectivity index (χ1v) is 15.3. The molecule has 0 heterocycles. The number of ether oxygens (including phenoxy) is 1. The molecule has 214 valence electrons. The standard InChI is InChI=1S/C31H39N3O5S/c1-25(2)39-21-13-20-32-31(36)30(28-18-11-6-12-19-28)34(23-27-16-9-5-10-17-27)29(35)24-33(40(3,37)38)22-26-14-7-4-8-15-26/h4-12,14-19,25,30H,13,20-24H2,1-3H3,(H,32,36). The number of nitrogens with zero attached hydrogens (tertiary/aromatic N) is 2. The fraction of sp³-hybridized carbons (Fsp3) is 0.355. The van der Waals surface area contributed by atoms with Gasteiger partial charge in [0.2, 0.25) is 21.8 Å². The van der Waals surface area contributed by atoms with Crippen LogP contribution in [0.4, 0.5) is 0 Å². The molecule has 1 atom stereocenters. The lowest BCUT2D eigenvalue weighted by atomic mass is 10.0. The summed E-state index contributed by atoms with van der Waals surface area (Å²) >= 11 is 0. The first-order chi connectivity index (χ1) is 19.1. The molecule has 0 fully saturated rings. The van der Waals surface area contributed by atoms with Crippen LogP contribution in [0.25, 0.3) is 0 Å². The molecule has 0 aliphatic heterocycles. The molecule has 40 heavy (non-hydrogen) atoms. The third-order valence-corrected chi connectivity index (χ3v) is 7.44. The van der Waals surface area contributed by atoms with Gasteiger partial charge in [-0.3, -0.25) is 9.59 Å². The monoisotopic (exact) mass is 565 g/mol. The summed E-state index contributed by atoms with van der Waals surface area (Å²) in [6.45, 7) is 4.56. The highest BCUT2D eigenvalue weighted by molar-refractivity contribution is 7.88. The quantitative estimate of drug-likeness (QED) is 0.279. The zero-order valence-corrected chi connectivity index (χ0v) is 24.2. The summed E-state index contributed by atoms with van der Waals surface area (Å²) in [5.41, 5.74) is 2.22. The second-order valence-electron chi connectivity index (χ2n) is 9.90. The lowest BCUT2D eigenvalue weighted by Crippen LogP contribution is -2.48. The van der Waals surface area contributed by atoms with E-state index in [2.05, 4.69) is 5.32 Å². The number of sulfonamides is 1. The molecular weight excluding hydrogens is 526 g/mol. The smallest absolute Gasteiger partial charge is 0.247 e. The van der Waals surface area contributed by atoms with E-state index < -0.39 is 28.5 Å². The van der Waals surface area contributed by atoms with Gasteiger partial charge in [0, 0.05) is 26.2 Å². The summed E-state index contributed by atoms with van der Waals surface area (Å²) in [7, 11) is -3.73. The van der Waals surface area contributed by atoms with Gasteiger partial charge in [0.1, 0.15) is 6.04 Å². The Bertz CT molecular complexity index is 1300. The van der Waals surface area contributed by atoms with E-state index in [1.54, 1.807) is 12.1 Å². The van der Waals surface area contributed by atoms with Crippen LogP contribution >= 0.6 is 0 Å². The normalized spacial score (nSPS) is 12.3. The van der Waals surface area contributed by atoms with Gasteiger partial charge in [0.05, 0.1) is 18.9 Å². The highest BCUT2D eigenvalue weighted by Crippen LogP contribution is 2.25. The van der Waals surface area contributed by atoms with Gasteiger partial charge in [-0.15, -0.1) is 0 Å². The molecule has 2 amide bonds. The maximum absolute atomic E-state index is 14.0. The van der Waals surface area contributed by atoms with Gasteiger partial charge < -0.3 is 15.0 Å². The van der Waals surface area contributed by atoms with E-state index in [1.165, 1.54) is 4.90 Å². The zero-order valence-electron chi connectivity index (χ0n) is 23.4. The Balaban J connectivity index is 1.92. The first kappa shape index (κ1) is 31.0. The van der Waals surface area contributed by atoms with E-state index in [-0.39, 0.29) is 25.1 Å². The minimum Gasteiger partial charge on any atom is -0.379 e. The summed E-state index contributed by atoms with van der Waals surface area (Å²) in [6, 6.07) is 26.6. The average Bonchev–Trinajstić information content (AvgIpc) is 2.93. The van der Waals surface area contributed by atoms with Crippen molar-refractivity contribution in [3.05, 3.63) is 108 Å². The molecular formula is C31H39N3O5S. The highest BCUT2D eigenvalue weighted by Gasteiger charge is 2.33. The third kappa shape index (κ3) is 9.89.